The summed E-state index contributed by atoms with van der Waals surface area (Å²) in [6, 6.07) is 5.62. The number of alkyl halides is 1. The number of rotatable bonds is 0. The second-order valence-corrected chi connectivity index (χ2v) is 4.62. The minimum absolute atomic E-state index is 0.144. The molecule has 1 unspecified atom stereocenters. The van der Waals surface area contributed by atoms with Gasteiger partial charge in [0, 0.05) is 9.85 Å². The van der Waals surface area contributed by atoms with Crippen LogP contribution in [0.2, 0.25) is 5.02 Å². The molecule has 1 aromatic carbocycles. The Morgan fingerprint density at radius 1 is 1.50 bits per heavy atom. The van der Waals surface area contributed by atoms with Crippen molar-refractivity contribution in [3.05, 3.63) is 34.3 Å². The third kappa shape index (κ3) is 1.28. The number of benzene rings is 1. The zero-order valence-electron chi connectivity index (χ0n) is 6.30. The fourth-order valence-corrected chi connectivity index (χ4v) is 2.38. The van der Waals surface area contributed by atoms with Crippen molar-refractivity contribution in [2.75, 3.05) is 0 Å². The molecule has 0 saturated heterocycles. The highest BCUT2D eigenvalue weighted by molar-refractivity contribution is 9.09. The second-order valence-electron chi connectivity index (χ2n) is 3.01. The number of aliphatic hydroxyl groups is 1. The highest BCUT2D eigenvalue weighted by Crippen LogP contribution is 2.36. The van der Waals surface area contributed by atoms with E-state index in [1.54, 1.807) is 0 Å². The summed E-state index contributed by atoms with van der Waals surface area (Å²) in [5.74, 6) is 0. The zero-order chi connectivity index (χ0) is 8.72. The quantitative estimate of drug-likeness (QED) is 0.699. The maximum absolute atomic E-state index is 9.65. The maximum Gasteiger partial charge on any atom is 0.0920 e. The Labute approximate surface area is 84.5 Å². The fraction of sp³-hybridized carbons (Fsp3) is 0.333. The largest absolute Gasteiger partial charge is 0.387 e. The molecular formula is C9H8BrClO. The van der Waals surface area contributed by atoms with Gasteiger partial charge in [-0.3, -0.25) is 0 Å². The highest BCUT2D eigenvalue weighted by Gasteiger charge is 2.28. The van der Waals surface area contributed by atoms with Crippen molar-refractivity contribution in [1.29, 1.82) is 0 Å². The molecule has 0 fully saturated rings. The van der Waals surface area contributed by atoms with Crippen LogP contribution in [-0.2, 0) is 6.42 Å². The number of halogens is 2. The molecule has 12 heavy (non-hydrogen) atoms. The van der Waals surface area contributed by atoms with Gasteiger partial charge in [-0.1, -0.05) is 33.6 Å². The van der Waals surface area contributed by atoms with E-state index in [0.29, 0.717) is 0 Å². The first-order valence-electron chi connectivity index (χ1n) is 3.79. The molecular weight excluding hydrogens is 239 g/mol. The van der Waals surface area contributed by atoms with Crippen LogP contribution in [0.5, 0.6) is 0 Å². The van der Waals surface area contributed by atoms with Crippen LogP contribution in [0.3, 0.4) is 0 Å². The van der Waals surface area contributed by atoms with Crippen molar-refractivity contribution >= 4 is 27.5 Å². The van der Waals surface area contributed by atoms with E-state index in [0.717, 1.165) is 22.6 Å². The van der Waals surface area contributed by atoms with Gasteiger partial charge >= 0.3 is 0 Å². The number of hydrogen-bond acceptors (Lipinski definition) is 1. The minimum Gasteiger partial charge on any atom is -0.387 e. The molecule has 64 valence electrons. The van der Waals surface area contributed by atoms with Crippen LogP contribution in [0.4, 0.5) is 0 Å². The van der Waals surface area contributed by atoms with Crippen molar-refractivity contribution < 1.29 is 5.11 Å². The Hall–Kier alpha value is -0.0500. The maximum atomic E-state index is 9.65. The van der Waals surface area contributed by atoms with E-state index < -0.39 is 0 Å². The summed E-state index contributed by atoms with van der Waals surface area (Å²) in [6.07, 6.45) is 0.481. The Morgan fingerprint density at radius 3 is 3.00 bits per heavy atom. The van der Waals surface area contributed by atoms with Crippen molar-refractivity contribution in [3.63, 3.8) is 0 Å². The van der Waals surface area contributed by atoms with E-state index in [2.05, 4.69) is 15.9 Å². The van der Waals surface area contributed by atoms with E-state index in [1.165, 1.54) is 0 Å². The van der Waals surface area contributed by atoms with Crippen LogP contribution in [-0.4, -0.2) is 9.93 Å². The van der Waals surface area contributed by atoms with Crippen LogP contribution in [0.25, 0.3) is 0 Å². The van der Waals surface area contributed by atoms with Crippen molar-refractivity contribution in [1.82, 2.24) is 0 Å². The number of aliphatic hydroxyl groups excluding tert-OH is 1. The van der Waals surface area contributed by atoms with E-state index in [4.69, 9.17) is 11.6 Å². The first-order chi connectivity index (χ1) is 5.68. The second kappa shape index (κ2) is 3.02. The van der Waals surface area contributed by atoms with Gasteiger partial charge in [-0.2, -0.15) is 0 Å². The lowest BCUT2D eigenvalue weighted by atomic mass is 10.1. The third-order valence-electron chi connectivity index (χ3n) is 2.18. The minimum atomic E-state index is -0.378. The first-order valence-corrected chi connectivity index (χ1v) is 5.08. The average molecular weight is 248 g/mol. The van der Waals surface area contributed by atoms with Crippen LogP contribution < -0.4 is 0 Å². The van der Waals surface area contributed by atoms with Gasteiger partial charge in [-0.15, -0.1) is 0 Å². The van der Waals surface area contributed by atoms with Crippen molar-refractivity contribution in [2.45, 2.75) is 17.4 Å². The molecule has 0 bridgehead atoms. The molecule has 0 spiro atoms. The molecule has 0 amide bonds. The molecule has 0 saturated carbocycles. The molecule has 1 nitrogen and oxygen atoms in total. The lowest BCUT2D eigenvalue weighted by molar-refractivity contribution is 0.187. The van der Waals surface area contributed by atoms with Gasteiger partial charge in [0.1, 0.15) is 0 Å². The lowest BCUT2D eigenvalue weighted by Gasteiger charge is -2.06. The zero-order valence-corrected chi connectivity index (χ0v) is 8.64. The smallest absolute Gasteiger partial charge is 0.0920 e. The standard InChI is InChI=1S/C9H8BrClO/c10-8-4-5-3-6(11)1-2-7(5)9(8)12/h1-3,8-9,12H,4H2/t8-,9?/m0/s1. The summed E-state index contributed by atoms with van der Waals surface area (Å²) < 4.78 is 0. The summed E-state index contributed by atoms with van der Waals surface area (Å²) >= 11 is 9.24. The summed E-state index contributed by atoms with van der Waals surface area (Å²) in [6.45, 7) is 0. The Kier molecular flexibility index (Phi) is 2.15. The predicted molar refractivity (Wildman–Crippen MR) is 52.8 cm³/mol. The van der Waals surface area contributed by atoms with Crippen LogP contribution in [0.1, 0.15) is 17.2 Å². The van der Waals surface area contributed by atoms with Gasteiger partial charge in [0.25, 0.3) is 0 Å². The number of hydrogen-bond donors (Lipinski definition) is 1. The Balaban J connectivity index is 2.47. The average Bonchev–Trinajstić information content (AvgIpc) is 2.28. The molecule has 0 aliphatic heterocycles. The fourth-order valence-electron chi connectivity index (χ4n) is 1.56. The van der Waals surface area contributed by atoms with Gasteiger partial charge in [-0.05, 0) is 29.7 Å². The highest BCUT2D eigenvalue weighted by atomic mass is 79.9. The normalized spacial score (nSPS) is 27.2. The summed E-state index contributed by atoms with van der Waals surface area (Å²) in [4.78, 5) is 0.144. The van der Waals surface area contributed by atoms with Gasteiger partial charge in [-0.25, -0.2) is 0 Å². The van der Waals surface area contributed by atoms with Gasteiger partial charge in [0.2, 0.25) is 0 Å². The molecule has 1 aromatic rings. The molecule has 2 atom stereocenters. The van der Waals surface area contributed by atoms with E-state index >= 15 is 0 Å². The monoisotopic (exact) mass is 246 g/mol. The Bertz CT molecular complexity index is 313. The SMILES string of the molecule is OC1c2ccc(Cl)cc2C[C@@H]1Br. The van der Waals surface area contributed by atoms with E-state index in [9.17, 15) is 5.11 Å². The van der Waals surface area contributed by atoms with Gasteiger partial charge in [0.05, 0.1) is 6.10 Å². The molecule has 0 radical (unpaired) electrons. The molecule has 0 heterocycles. The van der Waals surface area contributed by atoms with Crippen molar-refractivity contribution in [3.8, 4) is 0 Å². The van der Waals surface area contributed by atoms with E-state index in [-0.39, 0.29) is 10.9 Å². The molecule has 1 aliphatic carbocycles. The van der Waals surface area contributed by atoms with Crippen LogP contribution in [0.15, 0.2) is 18.2 Å². The third-order valence-corrected chi connectivity index (χ3v) is 3.24. The summed E-state index contributed by atoms with van der Waals surface area (Å²) in [7, 11) is 0. The molecule has 0 aromatic heterocycles. The summed E-state index contributed by atoms with van der Waals surface area (Å²) in [5.41, 5.74) is 2.15. The first kappa shape index (κ1) is 8.54. The molecule has 1 N–H and O–H groups in total. The molecule has 2 rings (SSSR count). The van der Waals surface area contributed by atoms with E-state index in [1.807, 2.05) is 18.2 Å². The van der Waals surface area contributed by atoms with Gasteiger partial charge < -0.3 is 5.11 Å². The molecule has 3 heteroatoms. The molecule has 1 aliphatic rings. The van der Waals surface area contributed by atoms with Crippen LogP contribution in [0, 0.1) is 0 Å². The predicted octanol–water partition coefficient (Wildman–Crippen LogP) is 2.69. The lowest BCUT2D eigenvalue weighted by Crippen LogP contribution is -2.03. The number of fused-ring (bicyclic) bond motifs is 1. The van der Waals surface area contributed by atoms with Crippen LogP contribution >= 0.6 is 27.5 Å². The summed E-state index contributed by atoms with van der Waals surface area (Å²) in [5, 5.41) is 10.4. The topological polar surface area (TPSA) is 20.2 Å². The Morgan fingerprint density at radius 2 is 2.25 bits per heavy atom. The van der Waals surface area contributed by atoms with Crippen molar-refractivity contribution in [2.24, 2.45) is 0 Å². The van der Waals surface area contributed by atoms with Gasteiger partial charge in [0.15, 0.2) is 0 Å².